The molecule has 0 aliphatic carbocycles. The second-order valence-corrected chi connectivity index (χ2v) is 7.89. The Hall–Kier alpha value is -2.12. The second-order valence-electron chi connectivity index (χ2n) is 5.68. The average Bonchev–Trinajstić information content (AvgIpc) is 3.08. The molecule has 2 heterocycles. The Morgan fingerprint density at radius 2 is 2.08 bits per heavy atom. The number of benzene rings is 1. The Kier molecular flexibility index (Phi) is 5.55. The Bertz CT molecular complexity index is 934. The molecule has 130 valence electrons. The van der Waals surface area contributed by atoms with Crippen LogP contribution in [0.25, 0.3) is 10.2 Å². The summed E-state index contributed by atoms with van der Waals surface area (Å²) in [6.07, 6.45) is 0.794. The molecule has 1 unspecified atom stereocenters. The van der Waals surface area contributed by atoms with Crippen molar-refractivity contribution in [3.8, 4) is 0 Å². The molecule has 1 amide bonds. The first-order valence-electron chi connectivity index (χ1n) is 7.99. The summed E-state index contributed by atoms with van der Waals surface area (Å²) in [6, 6.07) is 11.8. The zero-order valence-corrected chi connectivity index (χ0v) is 15.7. The van der Waals surface area contributed by atoms with Gasteiger partial charge >= 0.3 is 0 Å². The van der Waals surface area contributed by atoms with E-state index in [4.69, 9.17) is 0 Å². The van der Waals surface area contributed by atoms with E-state index in [0.29, 0.717) is 21.9 Å². The van der Waals surface area contributed by atoms with E-state index in [-0.39, 0.29) is 16.7 Å². The minimum absolute atomic E-state index is 0.0542. The van der Waals surface area contributed by atoms with Gasteiger partial charge < -0.3 is 5.32 Å². The number of carbonyl (C=O) groups excluding carboxylic acids is 1. The van der Waals surface area contributed by atoms with Gasteiger partial charge in [0.15, 0.2) is 5.16 Å². The number of nitrogens with one attached hydrogen (secondary N) is 1. The first-order chi connectivity index (χ1) is 12.1. The van der Waals surface area contributed by atoms with Crippen molar-refractivity contribution in [3.05, 3.63) is 57.7 Å². The van der Waals surface area contributed by atoms with E-state index in [1.54, 1.807) is 13.1 Å². The highest BCUT2D eigenvalue weighted by Gasteiger charge is 2.18. The van der Waals surface area contributed by atoms with E-state index in [1.165, 1.54) is 33.2 Å². The topological polar surface area (TPSA) is 64.0 Å². The van der Waals surface area contributed by atoms with Gasteiger partial charge in [0.05, 0.1) is 10.6 Å². The Labute approximate surface area is 154 Å². The summed E-state index contributed by atoms with van der Waals surface area (Å²) in [4.78, 5) is 29.8. The number of aromatic nitrogens is 2. The molecular formula is C18H19N3O2S2. The first kappa shape index (κ1) is 17.7. The number of hydrogen-bond acceptors (Lipinski definition) is 5. The summed E-state index contributed by atoms with van der Waals surface area (Å²) in [5.41, 5.74) is 1.11. The third kappa shape index (κ3) is 4.11. The van der Waals surface area contributed by atoms with Crippen molar-refractivity contribution in [2.24, 2.45) is 7.05 Å². The number of thiophene rings is 1. The van der Waals surface area contributed by atoms with Crippen LogP contribution in [0, 0.1) is 0 Å². The number of amides is 1. The zero-order valence-electron chi connectivity index (χ0n) is 14.1. The molecule has 0 radical (unpaired) electrons. The molecule has 7 heteroatoms. The van der Waals surface area contributed by atoms with Gasteiger partial charge in [-0.25, -0.2) is 4.98 Å². The quantitative estimate of drug-likeness (QED) is 0.533. The van der Waals surface area contributed by atoms with Crippen LogP contribution in [0.5, 0.6) is 0 Å². The molecule has 0 spiro atoms. The number of fused-ring (bicyclic) bond motifs is 1. The van der Waals surface area contributed by atoms with Crippen molar-refractivity contribution in [1.82, 2.24) is 14.9 Å². The van der Waals surface area contributed by atoms with Crippen LogP contribution in [0.2, 0.25) is 0 Å². The van der Waals surface area contributed by atoms with Gasteiger partial charge in [-0.1, -0.05) is 42.1 Å². The van der Waals surface area contributed by atoms with Gasteiger partial charge in [0, 0.05) is 13.6 Å². The molecule has 2 aromatic heterocycles. The monoisotopic (exact) mass is 373 g/mol. The molecule has 25 heavy (non-hydrogen) atoms. The van der Waals surface area contributed by atoms with Gasteiger partial charge in [-0.15, -0.1) is 11.3 Å². The highest BCUT2D eigenvalue weighted by Crippen LogP contribution is 2.23. The van der Waals surface area contributed by atoms with Crippen molar-refractivity contribution < 1.29 is 4.79 Å². The lowest BCUT2D eigenvalue weighted by Gasteiger charge is -2.13. The van der Waals surface area contributed by atoms with Crippen LogP contribution in [0.4, 0.5) is 0 Å². The molecule has 0 aliphatic rings. The van der Waals surface area contributed by atoms with Crippen LogP contribution in [0.15, 0.2) is 51.7 Å². The maximum atomic E-state index is 12.3. The summed E-state index contributed by atoms with van der Waals surface area (Å²) >= 11 is 2.74. The lowest BCUT2D eigenvalue weighted by molar-refractivity contribution is -0.120. The molecule has 0 bridgehead atoms. The highest BCUT2D eigenvalue weighted by atomic mass is 32.2. The van der Waals surface area contributed by atoms with Crippen LogP contribution in [0.3, 0.4) is 0 Å². The van der Waals surface area contributed by atoms with Crippen LogP contribution < -0.4 is 10.9 Å². The van der Waals surface area contributed by atoms with Crippen molar-refractivity contribution >= 4 is 39.2 Å². The van der Waals surface area contributed by atoms with Gasteiger partial charge in [-0.3, -0.25) is 14.2 Å². The standard InChI is InChI=1S/C18H19N3O2S2/c1-12(15(22)19-10-8-13-6-4-3-5-7-13)25-18-20-16-14(9-11-24-16)17(23)21(18)2/h3-7,9,11-12H,8,10H2,1-2H3,(H,19,22). The Morgan fingerprint density at radius 1 is 1.32 bits per heavy atom. The number of carbonyl (C=O) groups is 1. The predicted octanol–water partition coefficient (Wildman–Crippen LogP) is 2.83. The number of rotatable bonds is 6. The number of thioether (sulfide) groups is 1. The second kappa shape index (κ2) is 7.84. The maximum Gasteiger partial charge on any atom is 0.262 e. The predicted molar refractivity (Wildman–Crippen MR) is 103 cm³/mol. The molecule has 1 aromatic carbocycles. The summed E-state index contributed by atoms with van der Waals surface area (Å²) in [6.45, 7) is 2.41. The fourth-order valence-electron chi connectivity index (χ4n) is 2.42. The zero-order chi connectivity index (χ0) is 17.8. The molecule has 1 atom stereocenters. The number of hydrogen-bond donors (Lipinski definition) is 1. The number of nitrogens with zero attached hydrogens (tertiary/aromatic N) is 2. The largest absolute Gasteiger partial charge is 0.355 e. The highest BCUT2D eigenvalue weighted by molar-refractivity contribution is 8.00. The van der Waals surface area contributed by atoms with Crippen molar-refractivity contribution in [2.45, 2.75) is 23.8 Å². The fraction of sp³-hybridized carbons (Fsp3) is 0.278. The van der Waals surface area contributed by atoms with Crippen molar-refractivity contribution in [2.75, 3.05) is 6.54 Å². The van der Waals surface area contributed by atoms with Gasteiger partial charge in [0.1, 0.15) is 4.83 Å². The first-order valence-corrected chi connectivity index (χ1v) is 9.74. The molecule has 3 rings (SSSR count). The molecular weight excluding hydrogens is 354 g/mol. The van der Waals surface area contributed by atoms with Gasteiger partial charge in [0.2, 0.25) is 5.91 Å². The fourth-order valence-corrected chi connectivity index (χ4v) is 4.12. The third-order valence-corrected chi connectivity index (χ3v) is 5.82. The maximum absolute atomic E-state index is 12.3. The molecule has 0 aliphatic heterocycles. The van der Waals surface area contributed by atoms with Crippen LogP contribution in [-0.4, -0.2) is 27.3 Å². The Morgan fingerprint density at radius 3 is 2.84 bits per heavy atom. The van der Waals surface area contributed by atoms with Crippen LogP contribution >= 0.6 is 23.1 Å². The summed E-state index contributed by atoms with van der Waals surface area (Å²) in [5, 5.41) is 5.65. The summed E-state index contributed by atoms with van der Waals surface area (Å²) < 4.78 is 1.51. The van der Waals surface area contributed by atoms with Crippen molar-refractivity contribution in [3.63, 3.8) is 0 Å². The van der Waals surface area contributed by atoms with Gasteiger partial charge in [0.25, 0.3) is 5.56 Å². The molecule has 1 N–H and O–H groups in total. The van der Waals surface area contributed by atoms with Crippen LogP contribution in [0.1, 0.15) is 12.5 Å². The minimum atomic E-state index is -0.328. The average molecular weight is 374 g/mol. The van der Waals surface area contributed by atoms with Gasteiger partial charge in [-0.2, -0.15) is 0 Å². The third-order valence-electron chi connectivity index (χ3n) is 3.87. The van der Waals surface area contributed by atoms with Gasteiger partial charge in [-0.05, 0) is 30.4 Å². The molecule has 0 fully saturated rings. The lowest BCUT2D eigenvalue weighted by Crippen LogP contribution is -2.33. The summed E-state index contributed by atoms with van der Waals surface area (Å²) in [5.74, 6) is -0.0542. The van der Waals surface area contributed by atoms with E-state index in [0.717, 1.165) is 6.42 Å². The smallest absolute Gasteiger partial charge is 0.262 e. The van der Waals surface area contributed by atoms with E-state index in [2.05, 4.69) is 10.3 Å². The van der Waals surface area contributed by atoms with E-state index < -0.39 is 0 Å². The van der Waals surface area contributed by atoms with E-state index >= 15 is 0 Å². The molecule has 5 nitrogen and oxygen atoms in total. The SMILES string of the molecule is CC(Sc1nc2sccc2c(=O)n1C)C(=O)NCCc1ccccc1. The Balaban J connectivity index is 1.61. The summed E-state index contributed by atoms with van der Waals surface area (Å²) in [7, 11) is 1.69. The normalized spacial score (nSPS) is 12.2. The molecule has 0 saturated carbocycles. The van der Waals surface area contributed by atoms with E-state index in [1.807, 2.05) is 42.6 Å². The minimum Gasteiger partial charge on any atom is -0.355 e. The van der Waals surface area contributed by atoms with E-state index in [9.17, 15) is 9.59 Å². The van der Waals surface area contributed by atoms with Crippen LogP contribution in [-0.2, 0) is 18.3 Å². The molecule has 0 saturated heterocycles. The molecule has 3 aromatic rings. The lowest BCUT2D eigenvalue weighted by atomic mass is 10.1. The van der Waals surface area contributed by atoms with Crippen molar-refractivity contribution in [1.29, 1.82) is 0 Å².